The van der Waals surface area contributed by atoms with E-state index in [0.29, 0.717) is 0 Å². The molecule has 0 amide bonds. The lowest BCUT2D eigenvalue weighted by atomic mass is 10.7. The average Bonchev–Trinajstić information content (AvgIpc) is 1.63. The molecule has 0 aromatic rings. The van der Waals surface area contributed by atoms with Gasteiger partial charge in [-0.3, -0.25) is 0 Å². The maximum atomic E-state index is 5.19. The standard InChI is InChI=1S/C6H15N2O/c1-6(7(2)3)9-8(4)5/h1-5H3/q+1. The Hall–Kier alpha value is -0.570. The van der Waals surface area contributed by atoms with E-state index < -0.39 is 0 Å². The predicted molar refractivity (Wildman–Crippen MR) is 37.6 cm³/mol. The van der Waals surface area contributed by atoms with Crippen LogP contribution in [0.1, 0.15) is 6.92 Å². The van der Waals surface area contributed by atoms with Gasteiger partial charge < -0.3 is 4.84 Å². The van der Waals surface area contributed by atoms with Crippen molar-refractivity contribution in [2.24, 2.45) is 0 Å². The Morgan fingerprint density at radius 2 is 1.78 bits per heavy atom. The molecule has 9 heavy (non-hydrogen) atoms. The smallest absolute Gasteiger partial charge is 0.350 e. The highest BCUT2D eigenvalue weighted by Gasteiger charge is 2.00. The fraction of sp³-hybridized carbons (Fsp3) is 0.833. The molecule has 0 aliphatic rings. The Labute approximate surface area is 56.5 Å². The van der Waals surface area contributed by atoms with Gasteiger partial charge in [-0.15, -0.1) is 5.06 Å². The zero-order valence-electron chi connectivity index (χ0n) is 6.80. The van der Waals surface area contributed by atoms with Crippen molar-refractivity contribution in [3.05, 3.63) is 0 Å². The van der Waals surface area contributed by atoms with E-state index in [4.69, 9.17) is 4.84 Å². The van der Waals surface area contributed by atoms with Crippen LogP contribution in [0.3, 0.4) is 0 Å². The van der Waals surface area contributed by atoms with Gasteiger partial charge in [0, 0.05) is 14.1 Å². The molecule has 0 spiro atoms. The van der Waals surface area contributed by atoms with E-state index in [-0.39, 0.29) is 0 Å². The van der Waals surface area contributed by atoms with Crippen LogP contribution in [-0.4, -0.2) is 43.7 Å². The fourth-order valence-corrected chi connectivity index (χ4v) is 0.346. The number of hydrogen-bond acceptors (Lipinski definition) is 2. The Balaban J connectivity index is 3.77. The summed E-state index contributed by atoms with van der Waals surface area (Å²) < 4.78 is 1.92. The molecule has 0 radical (unpaired) electrons. The summed E-state index contributed by atoms with van der Waals surface area (Å²) in [5.41, 5.74) is 0. The van der Waals surface area contributed by atoms with E-state index in [2.05, 4.69) is 0 Å². The minimum Gasteiger partial charge on any atom is -0.350 e. The number of hydroxylamine groups is 2. The van der Waals surface area contributed by atoms with E-state index in [9.17, 15) is 0 Å². The molecule has 0 saturated carbocycles. The summed E-state index contributed by atoms with van der Waals surface area (Å²) in [6, 6.07) is 0. The van der Waals surface area contributed by atoms with E-state index in [1.165, 1.54) is 0 Å². The van der Waals surface area contributed by atoms with Gasteiger partial charge >= 0.3 is 5.90 Å². The Morgan fingerprint density at radius 3 is 1.89 bits per heavy atom. The summed E-state index contributed by atoms with van der Waals surface area (Å²) in [7, 11) is 7.59. The van der Waals surface area contributed by atoms with E-state index in [1.807, 2.05) is 39.7 Å². The van der Waals surface area contributed by atoms with Crippen LogP contribution in [0.2, 0.25) is 0 Å². The molecule has 0 bridgehead atoms. The third-order valence-corrected chi connectivity index (χ3v) is 0.944. The number of hydrogen-bond donors (Lipinski definition) is 0. The largest absolute Gasteiger partial charge is 0.351 e. The molecular weight excluding hydrogens is 116 g/mol. The van der Waals surface area contributed by atoms with Crippen LogP contribution in [-0.2, 0) is 4.84 Å². The highest BCUT2D eigenvalue weighted by molar-refractivity contribution is 5.66. The SMILES string of the molecule is CC(ON(C)C)=[N+](C)C. The normalized spacial score (nSPS) is 9.56. The summed E-state index contributed by atoms with van der Waals surface area (Å²) in [5, 5.41) is 1.66. The molecule has 0 rings (SSSR count). The average molecular weight is 131 g/mol. The van der Waals surface area contributed by atoms with Gasteiger partial charge in [0.1, 0.15) is 14.1 Å². The molecular formula is C6H15N2O+. The van der Waals surface area contributed by atoms with Crippen LogP contribution in [0.15, 0.2) is 0 Å². The predicted octanol–water partition coefficient (Wildman–Crippen LogP) is 0.170. The molecule has 0 fully saturated rings. The maximum Gasteiger partial charge on any atom is 0.351 e. The molecule has 0 aliphatic heterocycles. The van der Waals surface area contributed by atoms with Crippen LogP contribution in [0, 0.1) is 0 Å². The molecule has 3 heteroatoms. The van der Waals surface area contributed by atoms with Crippen molar-refractivity contribution in [2.45, 2.75) is 6.92 Å². The lowest BCUT2D eigenvalue weighted by molar-refractivity contribution is -0.479. The summed E-state index contributed by atoms with van der Waals surface area (Å²) in [4.78, 5) is 5.19. The molecule has 0 unspecified atom stereocenters. The van der Waals surface area contributed by atoms with Crippen molar-refractivity contribution in [1.29, 1.82) is 0 Å². The van der Waals surface area contributed by atoms with Gasteiger partial charge in [0.05, 0.1) is 6.92 Å². The maximum absolute atomic E-state index is 5.19. The van der Waals surface area contributed by atoms with E-state index in [0.717, 1.165) is 5.90 Å². The fourth-order valence-electron chi connectivity index (χ4n) is 0.346. The van der Waals surface area contributed by atoms with E-state index >= 15 is 0 Å². The monoisotopic (exact) mass is 131 g/mol. The van der Waals surface area contributed by atoms with Crippen molar-refractivity contribution in [3.63, 3.8) is 0 Å². The van der Waals surface area contributed by atoms with Gasteiger partial charge in [0.25, 0.3) is 0 Å². The molecule has 0 aromatic carbocycles. The first-order valence-corrected chi connectivity index (χ1v) is 2.90. The van der Waals surface area contributed by atoms with Gasteiger partial charge in [-0.1, -0.05) is 0 Å². The Kier molecular flexibility index (Phi) is 3.24. The van der Waals surface area contributed by atoms with Gasteiger partial charge in [-0.2, -0.15) is 0 Å². The first kappa shape index (κ1) is 8.43. The molecule has 54 valence electrons. The highest BCUT2D eigenvalue weighted by atomic mass is 16.7. The minimum atomic E-state index is 0.889. The van der Waals surface area contributed by atoms with Crippen LogP contribution >= 0.6 is 0 Å². The van der Waals surface area contributed by atoms with Gasteiger partial charge in [-0.25, -0.2) is 4.58 Å². The number of rotatable bonds is 1. The van der Waals surface area contributed by atoms with Crippen molar-refractivity contribution in [1.82, 2.24) is 5.06 Å². The molecule has 0 atom stereocenters. The van der Waals surface area contributed by atoms with Gasteiger partial charge in [-0.05, 0) is 0 Å². The van der Waals surface area contributed by atoms with Crippen molar-refractivity contribution in [2.75, 3.05) is 28.2 Å². The van der Waals surface area contributed by atoms with Crippen molar-refractivity contribution in [3.8, 4) is 0 Å². The minimum absolute atomic E-state index is 0.889. The summed E-state index contributed by atoms with van der Waals surface area (Å²) >= 11 is 0. The zero-order valence-corrected chi connectivity index (χ0v) is 6.80. The zero-order chi connectivity index (χ0) is 7.44. The number of nitrogens with zero attached hydrogens (tertiary/aromatic N) is 2. The topological polar surface area (TPSA) is 15.5 Å². The quantitative estimate of drug-likeness (QED) is 0.218. The van der Waals surface area contributed by atoms with Crippen LogP contribution in [0.4, 0.5) is 0 Å². The molecule has 3 nitrogen and oxygen atoms in total. The highest BCUT2D eigenvalue weighted by Crippen LogP contribution is 1.80. The second-order valence-electron chi connectivity index (χ2n) is 2.32. The summed E-state index contributed by atoms with van der Waals surface area (Å²) in [6.45, 7) is 1.92. The third kappa shape index (κ3) is 3.97. The van der Waals surface area contributed by atoms with Crippen LogP contribution < -0.4 is 0 Å². The molecule has 0 N–H and O–H groups in total. The lowest BCUT2D eigenvalue weighted by Gasteiger charge is -2.07. The second kappa shape index (κ2) is 3.45. The first-order chi connectivity index (χ1) is 4.04. The third-order valence-electron chi connectivity index (χ3n) is 0.944. The molecule has 0 aliphatic carbocycles. The molecule has 0 heterocycles. The lowest BCUT2D eigenvalue weighted by Crippen LogP contribution is -2.22. The van der Waals surface area contributed by atoms with Crippen LogP contribution in [0.5, 0.6) is 0 Å². The summed E-state index contributed by atoms with van der Waals surface area (Å²) in [6.07, 6.45) is 0. The first-order valence-electron chi connectivity index (χ1n) is 2.90. The Bertz CT molecular complexity index is 114. The van der Waals surface area contributed by atoms with Crippen molar-refractivity contribution >= 4 is 5.90 Å². The molecule has 0 aromatic heterocycles. The van der Waals surface area contributed by atoms with E-state index in [1.54, 1.807) is 5.06 Å². The van der Waals surface area contributed by atoms with Crippen LogP contribution in [0.25, 0.3) is 0 Å². The Morgan fingerprint density at radius 1 is 1.33 bits per heavy atom. The second-order valence-corrected chi connectivity index (χ2v) is 2.32. The van der Waals surface area contributed by atoms with Crippen molar-refractivity contribution < 1.29 is 9.41 Å². The van der Waals surface area contributed by atoms with Gasteiger partial charge in [0.2, 0.25) is 0 Å². The molecule has 0 saturated heterocycles. The van der Waals surface area contributed by atoms with Gasteiger partial charge in [0.15, 0.2) is 0 Å². The summed E-state index contributed by atoms with van der Waals surface area (Å²) in [5.74, 6) is 0.889.